The summed E-state index contributed by atoms with van der Waals surface area (Å²) in [4.78, 5) is 24.4. The second kappa shape index (κ2) is 13.3. The van der Waals surface area contributed by atoms with E-state index in [9.17, 15) is 9.59 Å². The molecule has 0 N–H and O–H groups in total. The van der Waals surface area contributed by atoms with E-state index in [4.69, 9.17) is 9.47 Å². The van der Waals surface area contributed by atoms with Crippen LogP contribution in [-0.4, -0.2) is 11.9 Å². The molecule has 0 saturated carbocycles. The number of hydrogen-bond donors (Lipinski definition) is 0. The Balaban J connectivity index is 2.90. The van der Waals surface area contributed by atoms with Crippen LogP contribution in [0.4, 0.5) is 0 Å². The van der Waals surface area contributed by atoms with Crippen molar-refractivity contribution >= 4 is 11.9 Å². The summed E-state index contributed by atoms with van der Waals surface area (Å²) in [5, 5.41) is 0. The predicted molar refractivity (Wildman–Crippen MR) is 109 cm³/mol. The number of para-hydroxylation sites is 1. The van der Waals surface area contributed by atoms with Gasteiger partial charge in [0.05, 0.1) is 0 Å². The normalized spacial score (nSPS) is 10.9. The van der Waals surface area contributed by atoms with Crippen LogP contribution in [0.5, 0.6) is 11.5 Å². The number of carbonyl (C=O) groups excluding carboxylic acids is 2. The summed E-state index contributed by atoms with van der Waals surface area (Å²) < 4.78 is 11.2. The van der Waals surface area contributed by atoms with Crippen LogP contribution in [0.3, 0.4) is 0 Å². The number of hydrogen-bond acceptors (Lipinski definition) is 4. The lowest BCUT2D eigenvalue weighted by atomic mass is 10.0. The van der Waals surface area contributed by atoms with Crippen molar-refractivity contribution in [2.75, 3.05) is 0 Å². The minimum absolute atomic E-state index is 0.260. The maximum absolute atomic E-state index is 12.3. The molecular formula is C23H36O4. The first kappa shape index (κ1) is 23.2. The van der Waals surface area contributed by atoms with Gasteiger partial charge in [-0.05, 0) is 43.2 Å². The van der Waals surface area contributed by atoms with E-state index < -0.39 is 0 Å². The Bertz CT molecular complexity index is 578. The standard InChI is InChI=1S/C23H36O4/c1-5-7-9-14-21(24)26-20-13-11-12-19(17-16-18(3)4)23(20)27-22(25)15-10-8-6-2/h11-13,18H,5-10,14-17H2,1-4H3. The highest BCUT2D eigenvalue weighted by molar-refractivity contribution is 5.76. The fourth-order valence-corrected chi connectivity index (χ4v) is 2.78. The molecule has 4 nitrogen and oxygen atoms in total. The number of unbranched alkanes of at least 4 members (excludes halogenated alkanes) is 4. The lowest BCUT2D eigenvalue weighted by molar-refractivity contribution is -0.137. The first-order valence-electron chi connectivity index (χ1n) is 10.5. The molecule has 0 aliphatic heterocycles. The number of benzene rings is 1. The van der Waals surface area contributed by atoms with Gasteiger partial charge in [0.15, 0.2) is 11.5 Å². The second-order valence-electron chi connectivity index (χ2n) is 7.54. The maximum atomic E-state index is 12.3. The van der Waals surface area contributed by atoms with Crippen molar-refractivity contribution in [3.8, 4) is 11.5 Å². The largest absolute Gasteiger partial charge is 0.423 e. The minimum atomic E-state index is -0.271. The third-order valence-corrected chi connectivity index (χ3v) is 4.46. The van der Waals surface area contributed by atoms with Crippen LogP contribution in [0.2, 0.25) is 0 Å². The smallest absolute Gasteiger partial charge is 0.311 e. The van der Waals surface area contributed by atoms with Crippen molar-refractivity contribution in [2.45, 2.75) is 91.9 Å². The molecule has 0 aromatic heterocycles. The van der Waals surface area contributed by atoms with Gasteiger partial charge >= 0.3 is 11.9 Å². The fourth-order valence-electron chi connectivity index (χ4n) is 2.78. The van der Waals surface area contributed by atoms with Crippen LogP contribution in [0.15, 0.2) is 18.2 Å². The highest BCUT2D eigenvalue weighted by Crippen LogP contribution is 2.33. The molecule has 1 aromatic carbocycles. The number of carbonyl (C=O) groups is 2. The van der Waals surface area contributed by atoms with E-state index >= 15 is 0 Å². The van der Waals surface area contributed by atoms with E-state index in [1.54, 1.807) is 6.07 Å². The van der Waals surface area contributed by atoms with E-state index in [-0.39, 0.29) is 11.9 Å². The summed E-state index contributed by atoms with van der Waals surface area (Å²) in [5.74, 6) is 0.792. The average molecular weight is 377 g/mol. The molecule has 0 aliphatic rings. The number of ether oxygens (including phenoxy) is 2. The Morgan fingerprint density at radius 3 is 2.04 bits per heavy atom. The van der Waals surface area contributed by atoms with Crippen molar-refractivity contribution < 1.29 is 19.1 Å². The van der Waals surface area contributed by atoms with E-state index in [1.165, 1.54) is 0 Å². The number of rotatable bonds is 13. The van der Waals surface area contributed by atoms with Crippen molar-refractivity contribution in [1.29, 1.82) is 0 Å². The van der Waals surface area contributed by atoms with E-state index in [0.717, 1.165) is 56.9 Å². The average Bonchev–Trinajstić information content (AvgIpc) is 2.62. The number of esters is 2. The highest BCUT2D eigenvalue weighted by Gasteiger charge is 2.18. The molecule has 0 unspecified atom stereocenters. The lowest BCUT2D eigenvalue weighted by Crippen LogP contribution is -2.13. The van der Waals surface area contributed by atoms with Gasteiger partial charge in [0.2, 0.25) is 0 Å². The monoisotopic (exact) mass is 376 g/mol. The van der Waals surface area contributed by atoms with E-state index in [1.807, 2.05) is 12.1 Å². The van der Waals surface area contributed by atoms with E-state index in [2.05, 4.69) is 27.7 Å². The molecule has 27 heavy (non-hydrogen) atoms. The molecule has 0 spiro atoms. The molecular weight excluding hydrogens is 340 g/mol. The van der Waals surface area contributed by atoms with E-state index in [0.29, 0.717) is 30.3 Å². The van der Waals surface area contributed by atoms with Crippen molar-refractivity contribution in [3.05, 3.63) is 23.8 Å². The summed E-state index contributed by atoms with van der Waals surface area (Å²) in [6.07, 6.45) is 8.28. The van der Waals surface area contributed by atoms with Gasteiger partial charge < -0.3 is 9.47 Å². The fraction of sp³-hybridized carbons (Fsp3) is 0.652. The maximum Gasteiger partial charge on any atom is 0.311 e. The summed E-state index contributed by atoms with van der Waals surface area (Å²) in [6.45, 7) is 8.52. The van der Waals surface area contributed by atoms with Gasteiger partial charge in [-0.2, -0.15) is 0 Å². The van der Waals surface area contributed by atoms with Crippen LogP contribution in [0.25, 0.3) is 0 Å². The highest BCUT2D eigenvalue weighted by atomic mass is 16.6. The van der Waals surface area contributed by atoms with Gasteiger partial charge in [-0.3, -0.25) is 9.59 Å². The quantitative estimate of drug-likeness (QED) is 0.232. The topological polar surface area (TPSA) is 52.6 Å². The van der Waals surface area contributed by atoms with Gasteiger partial charge in [-0.1, -0.05) is 65.5 Å². The zero-order valence-corrected chi connectivity index (χ0v) is 17.5. The summed E-state index contributed by atoms with van der Waals surface area (Å²) in [5.41, 5.74) is 0.923. The Morgan fingerprint density at radius 1 is 0.889 bits per heavy atom. The Morgan fingerprint density at radius 2 is 1.48 bits per heavy atom. The third kappa shape index (κ3) is 9.60. The summed E-state index contributed by atoms with van der Waals surface area (Å²) in [6, 6.07) is 5.52. The predicted octanol–water partition coefficient (Wildman–Crippen LogP) is 6.25. The van der Waals surface area contributed by atoms with Crippen LogP contribution in [0, 0.1) is 5.92 Å². The molecule has 1 aromatic rings. The lowest BCUT2D eigenvalue weighted by Gasteiger charge is -2.15. The molecule has 0 atom stereocenters. The Labute approximate surface area is 164 Å². The SMILES string of the molecule is CCCCCC(=O)Oc1cccc(CCC(C)C)c1OC(=O)CCCCC. The van der Waals surface area contributed by atoms with Crippen molar-refractivity contribution in [3.63, 3.8) is 0 Å². The van der Waals surface area contributed by atoms with Gasteiger partial charge in [0, 0.05) is 12.8 Å². The van der Waals surface area contributed by atoms with Gasteiger partial charge in [-0.15, -0.1) is 0 Å². The molecule has 0 saturated heterocycles. The molecule has 152 valence electrons. The summed E-state index contributed by atoms with van der Waals surface area (Å²) in [7, 11) is 0. The minimum Gasteiger partial charge on any atom is -0.423 e. The molecule has 0 radical (unpaired) electrons. The Kier molecular flexibility index (Phi) is 11.5. The van der Waals surface area contributed by atoms with Gasteiger partial charge in [0.1, 0.15) is 0 Å². The summed E-state index contributed by atoms with van der Waals surface area (Å²) >= 11 is 0. The molecule has 0 amide bonds. The zero-order chi connectivity index (χ0) is 20.1. The molecule has 0 aliphatic carbocycles. The van der Waals surface area contributed by atoms with Crippen molar-refractivity contribution in [2.24, 2.45) is 5.92 Å². The zero-order valence-electron chi connectivity index (χ0n) is 17.5. The molecule has 1 rings (SSSR count). The van der Waals surface area contributed by atoms with Gasteiger partial charge in [0.25, 0.3) is 0 Å². The van der Waals surface area contributed by atoms with Crippen LogP contribution >= 0.6 is 0 Å². The molecule has 4 heteroatoms. The molecule has 0 bridgehead atoms. The van der Waals surface area contributed by atoms with Crippen LogP contribution < -0.4 is 9.47 Å². The first-order chi connectivity index (χ1) is 13.0. The van der Waals surface area contributed by atoms with Gasteiger partial charge in [-0.25, -0.2) is 0 Å². The number of aryl methyl sites for hydroxylation is 1. The second-order valence-corrected chi connectivity index (χ2v) is 7.54. The van der Waals surface area contributed by atoms with Crippen LogP contribution in [0.1, 0.15) is 91.0 Å². The molecule has 0 heterocycles. The van der Waals surface area contributed by atoms with Crippen molar-refractivity contribution in [1.82, 2.24) is 0 Å². The molecule has 0 fully saturated rings. The third-order valence-electron chi connectivity index (χ3n) is 4.46. The Hall–Kier alpha value is -1.84. The van der Waals surface area contributed by atoms with Crippen LogP contribution in [-0.2, 0) is 16.0 Å². The first-order valence-corrected chi connectivity index (χ1v) is 10.5.